The molecule has 4 heteroatoms. The predicted octanol–water partition coefficient (Wildman–Crippen LogP) is 20.3. The number of aryl methyl sites for hydroxylation is 16. The average Bonchev–Trinajstić information content (AvgIpc) is 0.796. The molecule has 0 atom stereocenters. The van der Waals surface area contributed by atoms with Crippen molar-refractivity contribution < 1.29 is 34.7 Å². The van der Waals surface area contributed by atoms with Crippen LogP contribution < -0.4 is 18.3 Å². The maximum absolute atomic E-state index is 7.71. The second kappa shape index (κ2) is 29.1. The maximum Gasteiger partial charge on any atom is 0.213 e. The van der Waals surface area contributed by atoms with E-state index < -0.39 is 27.4 Å². The Bertz CT molecular complexity index is 5100. The number of benzene rings is 8. The Morgan fingerprint density at radius 1 is 0.185 bits per heavy atom. The fraction of sp³-hybridized carbons (Fsp3) is 0.227. The molecule has 12 rings (SSSR count). The molecule has 0 amide bonds. The largest absolute Gasteiger partial charge is 0.213 e. The minimum Gasteiger partial charge on any atom is -0.194 e. The molecular formula is C88H96N4+4. The van der Waals surface area contributed by atoms with E-state index in [0.29, 0.717) is 22.3 Å². The minimum atomic E-state index is -2.17. The van der Waals surface area contributed by atoms with Gasteiger partial charge in [-0.15, -0.1) is 0 Å². The molecular weight excluding hydrogens is 1110 g/mol. The SMILES string of the molecule is Cc1ccc(-c2cccc(-c3ccc(C)cc3C)[n+]2C)c(C)c1.[2H]C([2H])([2H])c1ccc(-c2cc(C)cc(-c3ccccc3C)[n+]2C)c(C)c1.[2H]C([2H])([2H])c1ccc(-c2cccc(-c3cc(C([2H])([2H])[2H])ccc3C)[n+]2C)c(C)c1.[2H]C([2H])([2H])c1ccc(-c2cccc(-c3ccc(C)cc3C)[n+]2C)c(C)c1. The summed E-state index contributed by atoms with van der Waals surface area (Å²) < 4.78 is 100. The first-order valence-electron chi connectivity index (χ1n) is 37.5. The highest BCUT2D eigenvalue weighted by Crippen LogP contribution is 2.32. The second-order valence-corrected chi connectivity index (χ2v) is 24.8. The fourth-order valence-electron chi connectivity index (χ4n) is 12.6. The van der Waals surface area contributed by atoms with Crippen LogP contribution in [0.15, 0.2) is 218 Å². The van der Waals surface area contributed by atoms with Gasteiger partial charge >= 0.3 is 0 Å². The van der Waals surface area contributed by atoms with E-state index in [4.69, 9.17) is 16.4 Å². The van der Waals surface area contributed by atoms with Gasteiger partial charge in [-0.25, -0.2) is 0 Å². The van der Waals surface area contributed by atoms with Gasteiger partial charge in [0.25, 0.3) is 0 Å². The monoisotopic (exact) mass is 1220 g/mol. The summed E-state index contributed by atoms with van der Waals surface area (Å²) in [4.78, 5) is 0. The Morgan fingerprint density at radius 2 is 0.424 bits per heavy atom. The number of hydrogen-bond donors (Lipinski definition) is 0. The zero-order chi connectivity index (χ0) is 76.2. The van der Waals surface area contributed by atoms with Gasteiger partial charge in [-0.05, 0) is 227 Å². The van der Waals surface area contributed by atoms with E-state index in [1.165, 1.54) is 78.1 Å². The molecule has 0 aliphatic carbocycles. The molecule has 0 saturated carbocycles. The Labute approximate surface area is 568 Å². The molecule has 0 N–H and O–H groups in total. The van der Waals surface area contributed by atoms with Gasteiger partial charge in [-0.1, -0.05) is 142 Å². The molecule has 4 nitrogen and oxygen atoms in total. The number of aromatic nitrogens is 4. The van der Waals surface area contributed by atoms with Gasteiger partial charge in [0.15, 0.2) is 0 Å². The third kappa shape index (κ3) is 15.2. The van der Waals surface area contributed by atoms with Crippen molar-refractivity contribution >= 4 is 0 Å². The Hall–Kier alpha value is -9.64. The summed E-state index contributed by atoms with van der Waals surface area (Å²) in [5, 5.41) is 0. The topological polar surface area (TPSA) is 15.5 Å². The second-order valence-electron chi connectivity index (χ2n) is 24.8. The first-order chi connectivity index (χ1) is 48.7. The quantitative estimate of drug-likeness (QED) is 0.135. The van der Waals surface area contributed by atoms with Gasteiger partial charge in [0.1, 0.15) is 28.2 Å². The van der Waals surface area contributed by atoms with Crippen LogP contribution in [0.2, 0.25) is 0 Å². The molecule has 4 aromatic heterocycles. The summed E-state index contributed by atoms with van der Waals surface area (Å²) in [6, 6.07) is 72.4. The van der Waals surface area contributed by atoms with Crippen molar-refractivity contribution in [1.82, 2.24) is 0 Å². The first-order valence-corrected chi connectivity index (χ1v) is 31.5. The standard InChI is InChI=1S/4C22H24N/c1-15-10-12-19(18(4)13-15)21-7-6-8-22(23(21)5)20-14-16(2)9-11-17(20)3;2*1-15-9-11-19(17(3)13-15)21-7-6-8-22(23(21)5)20-12-10-16(2)14-18(20)4;1-15-10-11-20(18(4)12-15)22-14-16(2)13-21(23(22)5)19-9-7-6-8-17(19)3/h4*6-14H,1-5H3/q4*+1/i1D3,2D3;1D3;;1D3. The van der Waals surface area contributed by atoms with E-state index in [1.807, 2.05) is 87.8 Å². The molecule has 0 spiro atoms. The molecule has 0 aliphatic heterocycles. The van der Waals surface area contributed by atoms with Crippen molar-refractivity contribution in [3.63, 3.8) is 0 Å². The highest BCUT2D eigenvalue weighted by molar-refractivity contribution is 5.71. The van der Waals surface area contributed by atoms with E-state index in [0.717, 1.165) is 78.7 Å². The van der Waals surface area contributed by atoms with Crippen LogP contribution in [0.5, 0.6) is 0 Å². The molecule has 0 radical (unpaired) electrons. The number of rotatable bonds is 8. The van der Waals surface area contributed by atoms with Crippen LogP contribution in [0.3, 0.4) is 0 Å². The molecule has 0 unspecified atom stereocenters. The molecule has 12 aromatic rings. The Morgan fingerprint density at radius 3 is 0.739 bits per heavy atom. The van der Waals surface area contributed by atoms with Gasteiger partial charge in [0.05, 0.1) is 0 Å². The van der Waals surface area contributed by atoms with Crippen LogP contribution in [0.1, 0.15) is 105 Å². The molecule has 4 heterocycles. The van der Waals surface area contributed by atoms with Gasteiger partial charge in [0, 0.05) is 109 Å². The van der Waals surface area contributed by atoms with E-state index in [9.17, 15) is 0 Å². The van der Waals surface area contributed by atoms with Crippen LogP contribution in [-0.2, 0) is 28.2 Å². The predicted molar refractivity (Wildman–Crippen MR) is 390 cm³/mol. The summed E-state index contributed by atoms with van der Waals surface area (Å²) in [5.74, 6) is 0. The Kier molecular flexibility index (Phi) is 16.5. The molecule has 464 valence electrons. The van der Waals surface area contributed by atoms with E-state index in [-0.39, 0.29) is 0 Å². The average molecular weight is 1220 g/mol. The molecule has 0 bridgehead atoms. The van der Waals surface area contributed by atoms with Gasteiger partial charge < -0.3 is 0 Å². The summed E-state index contributed by atoms with van der Waals surface area (Å²) in [5.41, 5.74) is 33.0. The molecule has 0 aliphatic rings. The highest BCUT2D eigenvalue weighted by atomic mass is 15.0. The van der Waals surface area contributed by atoms with E-state index in [1.54, 1.807) is 48.5 Å². The van der Waals surface area contributed by atoms with Crippen LogP contribution in [0.4, 0.5) is 0 Å². The number of pyridine rings is 4. The summed E-state index contributed by atoms with van der Waals surface area (Å²) in [7, 11) is 8.21. The minimum absolute atomic E-state index is 0.307. The van der Waals surface area contributed by atoms with Crippen LogP contribution >= 0.6 is 0 Å². The number of nitrogens with zero attached hydrogens (tertiary/aromatic N) is 4. The molecule has 92 heavy (non-hydrogen) atoms. The lowest BCUT2D eigenvalue weighted by Crippen LogP contribution is -2.34. The van der Waals surface area contributed by atoms with E-state index >= 15 is 0 Å². The van der Waals surface area contributed by atoms with Crippen molar-refractivity contribution in [3.8, 4) is 90.1 Å². The zero-order valence-electron chi connectivity index (χ0n) is 68.6. The van der Waals surface area contributed by atoms with Crippen LogP contribution in [0, 0.1) is 110 Å². The fourth-order valence-corrected chi connectivity index (χ4v) is 12.6. The van der Waals surface area contributed by atoms with Gasteiger partial charge in [-0.2, -0.15) is 18.3 Å². The van der Waals surface area contributed by atoms with Crippen molar-refractivity contribution in [2.24, 2.45) is 28.2 Å². The lowest BCUT2D eigenvalue weighted by Gasteiger charge is -2.11. The molecule has 8 aromatic carbocycles. The van der Waals surface area contributed by atoms with E-state index in [2.05, 4.69) is 212 Å². The summed E-state index contributed by atoms with van der Waals surface area (Å²) in [6.07, 6.45) is 0. The van der Waals surface area contributed by atoms with Crippen molar-refractivity contribution in [2.45, 2.75) is 110 Å². The Balaban J connectivity index is 0.000000161. The summed E-state index contributed by atoms with van der Waals surface area (Å²) >= 11 is 0. The number of hydrogen-bond acceptors (Lipinski definition) is 0. The zero-order valence-corrected chi connectivity index (χ0v) is 56.6. The van der Waals surface area contributed by atoms with Crippen molar-refractivity contribution in [3.05, 3.63) is 307 Å². The molecule has 0 saturated heterocycles. The van der Waals surface area contributed by atoms with Crippen LogP contribution in [-0.4, -0.2) is 0 Å². The molecule has 0 fully saturated rings. The smallest absolute Gasteiger partial charge is 0.194 e. The van der Waals surface area contributed by atoms with Gasteiger partial charge in [-0.3, -0.25) is 0 Å². The lowest BCUT2D eigenvalue weighted by atomic mass is 9.98. The van der Waals surface area contributed by atoms with Crippen molar-refractivity contribution in [1.29, 1.82) is 0 Å². The lowest BCUT2D eigenvalue weighted by molar-refractivity contribution is -0.649. The third-order valence-electron chi connectivity index (χ3n) is 17.6. The third-order valence-corrected chi connectivity index (χ3v) is 17.6. The summed E-state index contributed by atoms with van der Waals surface area (Å²) in [6.45, 7) is 16.4. The maximum atomic E-state index is 7.71. The van der Waals surface area contributed by atoms with Crippen LogP contribution in [0.25, 0.3) is 90.1 Å². The van der Waals surface area contributed by atoms with Crippen molar-refractivity contribution in [2.75, 3.05) is 0 Å². The normalized spacial score (nSPS) is 13.3. The van der Waals surface area contributed by atoms with Gasteiger partial charge in [0.2, 0.25) is 45.6 Å². The highest BCUT2D eigenvalue weighted by Gasteiger charge is 2.24. The first kappa shape index (κ1) is 52.0.